The highest BCUT2D eigenvalue weighted by molar-refractivity contribution is 5.70. The van der Waals surface area contributed by atoms with Crippen LogP contribution in [-0.4, -0.2) is 28.9 Å². The number of nitrogens with one attached hydrogen (secondary N) is 1. The second-order valence-corrected chi connectivity index (χ2v) is 5.66. The van der Waals surface area contributed by atoms with Crippen LogP contribution in [0.5, 0.6) is 0 Å². The molecule has 0 aliphatic carbocycles. The van der Waals surface area contributed by atoms with Gasteiger partial charge in [-0.05, 0) is 19.3 Å². The lowest BCUT2D eigenvalue weighted by molar-refractivity contribution is -0.173. The van der Waals surface area contributed by atoms with Crippen molar-refractivity contribution in [1.82, 2.24) is 5.32 Å². The molecule has 0 amide bonds. The molecule has 2 rings (SSSR count). The molecular weight excluding hydrogens is 230 g/mol. The minimum Gasteiger partial charge on any atom is -0.441 e. The maximum absolute atomic E-state index is 11.8. The monoisotopic (exact) mass is 255 g/mol. The lowest BCUT2D eigenvalue weighted by Gasteiger charge is -2.30. The normalized spacial score (nSPS) is 33.9. The van der Waals surface area contributed by atoms with Crippen LogP contribution >= 0.6 is 0 Å². The van der Waals surface area contributed by atoms with Crippen LogP contribution in [0.1, 0.15) is 64.7 Å². The number of unbranched alkanes of at least 4 members (excludes halogenated alkanes) is 4. The van der Waals surface area contributed by atoms with E-state index in [-0.39, 0.29) is 5.97 Å². The van der Waals surface area contributed by atoms with Gasteiger partial charge in [-0.1, -0.05) is 32.6 Å². The van der Waals surface area contributed by atoms with E-state index in [1.54, 1.807) is 0 Å². The van der Waals surface area contributed by atoms with Gasteiger partial charge in [-0.15, -0.1) is 0 Å². The van der Waals surface area contributed by atoms with Crippen molar-refractivity contribution in [2.45, 2.75) is 82.6 Å². The predicted molar refractivity (Wildman–Crippen MR) is 69.0 cm³/mol. The second kappa shape index (κ2) is 6.02. The Kier molecular flexibility index (Phi) is 4.62. The van der Waals surface area contributed by atoms with Gasteiger partial charge in [-0.2, -0.15) is 0 Å². The SMILES string of the molecule is CCCCCCCC(=O)O[C@]12CC[C@@H](C[C@@H]1O)N2. The molecule has 2 bridgehead atoms. The van der Waals surface area contributed by atoms with E-state index in [1.807, 2.05) is 0 Å². The van der Waals surface area contributed by atoms with Gasteiger partial charge < -0.3 is 9.84 Å². The number of esters is 1. The van der Waals surface area contributed by atoms with Gasteiger partial charge in [-0.3, -0.25) is 10.1 Å². The highest BCUT2D eigenvalue weighted by atomic mass is 16.6. The maximum atomic E-state index is 11.8. The summed E-state index contributed by atoms with van der Waals surface area (Å²) in [7, 11) is 0. The van der Waals surface area contributed by atoms with E-state index in [9.17, 15) is 9.90 Å². The zero-order valence-electron chi connectivity index (χ0n) is 11.3. The number of fused-ring (bicyclic) bond motifs is 2. The summed E-state index contributed by atoms with van der Waals surface area (Å²) in [5, 5.41) is 13.2. The highest BCUT2D eigenvalue weighted by Crippen LogP contribution is 2.38. The number of hydrogen-bond donors (Lipinski definition) is 2. The molecule has 3 atom stereocenters. The number of carbonyl (C=O) groups is 1. The van der Waals surface area contributed by atoms with Gasteiger partial charge in [0, 0.05) is 18.9 Å². The van der Waals surface area contributed by atoms with Gasteiger partial charge in [0.05, 0.1) is 0 Å². The van der Waals surface area contributed by atoms with Crippen LogP contribution in [0, 0.1) is 0 Å². The molecule has 2 aliphatic rings. The Bertz CT molecular complexity index is 295. The first kappa shape index (κ1) is 13.8. The average molecular weight is 255 g/mol. The summed E-state index contributed by atoms with van der Waals surface area (Å²) in [5.74, 6) is -0.166. The molecule has 18 heavy (non-hydrogen) atoms. The van der Waals surface area contributed by atoms with E-state index in [4.69, 9.17) is 4.74 Å². The van der Waals surface area contributed by atoms with Gasteiger partial charge >= 0.3 is 5.97 Å². The highest BCUT2D eigenvalue weighted by Gasteiger charge is 2.54. The first-order valence-electron chi connectivity index (χ1n) is 7.34. The Morgan fingerprint density at radius 3 is 2.78 bits per heavy atom. The standard InChI is InChI=1S/C14H25NO3/c1-2-3-4-5-6-7-13(17)18-14-9-8-11(15-14)10-12(14)16/h11-12,15-16H,2-10H2,1H3/t11-,12-,14+/m0/s1. The van der Waals surface area contributed by atoms with Crippen LogP contribution in [0.15, 0.2) is 0 Å². The third-order valence-corrected chi connectivity index (χ3v) is 4.14. The zero-order chi connectivity index (χ0) is 13.0. The van der Waals surface area contributed by atoms with E-state index in [0.717, 1.165) is 25.7 Å². The first-order valence-corrected chi connectivity index (χ1v) is 7.34. The number of ether oxygens (including phenoxy) is 1. The third-order valence-electron chi connectivity index (χ3n) is 4.14. The molecule has 0 aromatic heterocycles. The molecule has 0 aromatic carbocycles. The van der Waals surface area contributed by atoms with Gasteiger partial charge in [-0.25, -0.2) is 0 Å². The number of rotatable bonds is 7. The molecular formula is C14H25NO3. The number of hydrogen-bond acceptors (Lipinski definition) is 4. The first-order chi connectivity index (χ1) is 8.66. The third kappa shape index (κ3) is 3.04. The van der Waals surface area contributed by atoms with Crippen molar-refractivity contribution in [3.8, 4) is 0 Å². The average Bonchev–Trinajstić information content (AvgIpc) is 2.85. The van der Waals surface area contributed by atoms with E-state index >= 15 is 0 Å². The van der Waals surface area contributed by atoms with Crippen molar-refractivity contribution in [3.05, 3.63) is 0 Å². The number of aliphatic hydroxyl groups is 1. The Morgan fingerprint density at radius 2 is 2.17 bits per heavy atom. The predicted octanol–water partition coefficient (Wildman–Crippen LogP) is 2.10. The fourth-order valence-electron chi connectivity index (χ4n) is 3.05. The topological polar surface area (TPSA) is 58.6 Å². The van der Waals surface area contributed by atoms with Gasteiger partial charge in [0.2, 0.25) is 0 Å². The summed E-state index contributed by atoms with van der Waals surface area (Å²) in [5.41, 5.74) is -0.759. The fourth-order valence-corrected chi connectivity index (χ4v) is 3.05. The largest absolute Gasteiger partial charge is 0.441 e. The van der Waals surface area contributed by atoms with Crippen LogP contribution in [-0.2, 0) is 9.53 Å². The maximum Gasteiger partial charge on any atom is 0.307 e. The molecule has 104 valence electrons. The number of carbonyl (C=O) groups excluding carboxylic acids is 1. The van der Waals surface area contributed by atoms with Crippen LogP contribution in [0.4, 0.5) is 0 Å². The van der Waals surface area contributed by atoms with Crippen molar-refractivity contribution in [1.29, 1.82) is 0 Å². The molecule has 0 radical (unpaired) electrons. The number of aliphatic hydroxyl groups excluding tert-OH is 1. The van der Waals surface area contributed by atoms with Crippen LogP contribution < -0.4 is 5.32 Å². The zero-order valence-corrected chi connectivity index (χ0v) is 11.3. The van der Waals surface area contributed by atoms with E-state index in [1.165, 1.54) is 19.3 Å². The summed E-state index contributed by atoms with van der Waals surface area (Å²) < 4.78 is 5.51. The minimum atomic E-state index is -0.759. The molecule has 2 fully saturated rings. The molecule has 0 aromatic rings. The molecule has 4 nitrogen and oxygen atoms in total. The van der Waals surface area contributed by atoms with E-state index in [0.29, 0.717) is 18.9 Å². The lowest BCUT2D eigenvalue weighted by atomic mass is 9.94. The molecule has 4 heteroatoms. The molecule has 0 saturated carbocycles. The summed E-state index contributed by atoms with van der Waals surface area (Å²) in [6.45, 7) is 2.18. The molecule has 2 heterocycles. The molecule has 2 N–H and O–H groups in total. The summed E-state index contributed by atoms with van der Waals surface area (Å²) in [6.07, 6.45) is 8.04. The van der Waals surface area contributed by atoms with E-state index in [2.05, 4.69) is 12.2 Å². The Labute approximate surface area is 109 Å². The Hall–Kier alpha value is -0.610. The lowest BCUT2D eigenvalue weighted by Crippen LogP contribution is -2.49. The molecule has 0 spiro atoms. The summed E-state index contributed by atoms with van der Waals surface area (Å²) in [4.78, 5) is 11.8. The second-order valence-electron chi connectivity index (χ2n) is 5.66. The van der Waals surface area contributed by atoms with Crippen molar-refractivity contribution >= 4 is 5.97 Å². The minimum absolute atomic E-state index is 0.166. The van der Waals surface area contributed by atoms with Gasteiger partial charge in [0.1, 0.15) is 6.10 Å². The smallest absolute Gasteiger partial charge is 0.307 e. The van der Waals surface area contributed by atoms with Crippen molar-refractivity contribution < 1.29 is 14.6 Å². The fraction of sp³-hybridized carbons (Fsp3) is 0.929. The summed E-state index contributed by atoms with van der Waals surface area (Å²) >= 11 is 0. The summed E-state index contributed by atoms with van der Waals surface area (Å²) in [6, 6.07) is 0.331. The van der Waals surface area contributed by atoms with Crippen LogP contribution in [0.3, 0.4) is 0 Å². The van der Waals surface area contributed by atoms with Crippen LogP contribution in [0.25, 0.3) is 0 Å². The van der Waals surface area contributed by atoms with Crippen LogP contribution in [0.2, 0.25) is 0 Å². The van der Waals surface area contributed by atoms with E-state index < -0.39 is 11.8 Å². The van der Waals surface area contributed by atoms with Crippen molar-refractivity contribution in [2.75, 3.05) is 0 Å². The van der Waals surface area contributed by atoms with Gasteiger partial charge in [0.25, 0.3) is 0 Å². The van der Waals surface area contributed by atoms with Crippen molar-refractivity contribution in [2.24, 2.45) is 0 Å². The molecule has 0 unspecified atom stereocenters. The van der Waals surface area contributed by atoms with Crippen molar-refractivity contribution in [3.63, 3.8) is 0 Å². The molecule has 2 saturated heterocycles. The molecule has 2 aliphatic heterocycles. The Morgan fingerprint density at radius 1 is 1.39 bits per heavy atom. The Balaban J connectivity index is 1.68. The van der Waals surface area contributed by atoms with Gasteiger partial charge in [0.15, 0.2) is 5.72 Å². The quantitative estimate of drug-likeness (QED) is 0.540.